The maximum Gasteiger partial charge on any atom is 0.353 e. The molecule has 8 heteroatoms. The Balaban J connectivity index is 1.89. The molecular formula is C15H22N2O5S. The molecule has 2 saturated heterocycles. The van der Waals surface area contributed by atoms with Crippen LogP contribution in [0.4, 0.5) is 0 Å². The van der Waals surface area contributed by atoms with Gasteiger partial charge in [0.15, 0.2) is 0 Å². The normalized spacial score (nSPS) is 40.6. The van der Waals surface area contributed by atoms with Gasteiger partial charge in [0.2, 0.25) is 5.91 Å². The van der Waals surface area contributed by atoms with Crippen LogP contribution >= 0.6 is 11.8 Å². The Morgan fingerprint density at radius 1 is 1.48 bits per heavy atom. The second-order valence-corrected chi connectivity index (χ2v) is 7.69. The van der Waals surface area contributed by atoms with Crippen LogP contribution in [0.25, 0.3) is 0 Å². The number of ether oxygens (including phenoxy) is 1. The maximum absolute atomic E-state index is 12.3. The summed E-state index contributed by atoms with van der Waals surface area (Å²) in [7, 11) is 0. The van der Waals surface area contributed by atoms with Crippen molar-refractivity contribution in [3.05, 3.63) is 10.6 Å². The van der Waals surface area contributed by atoms with Crippen molar-refractivity contribution in [1.82, 2.24) is 4.90 Å². The van der Waals surface area contributed by atoms with E-state index in [-0.39, 0.29) is 41.0 Å². The van der Waals surface area contributed by atoms with Crippen LogP contribution in [0.3, 0.4) is 0 Å². The Morgan fingerprint density at radius 2 is 2.13 bits per heavy atom. The van der Waals surface area contributed by atoms with Gasteiger partial charge in [-0.3, -0.25) is 4.79 Å². The molecule has 3 heterocycles. The molecule has 0 aromatic carbocycles. The van der Waals surface area contributed by atoms with E-state index in [0.29, 0.717) is 11.4 Å². The van der Waals surface area contributed by atoms with Gasteiger partial charge >= 0.3 is 5.97 Å². The van der Waals surface area contributed by atoms with E-state index in [1.165, 1.54) is 16.7 Å². The highest BCUT2D eigenvalue weighted by Crippen LogP contribution is 2.53. The first-order chi connectivity index (χ1) is 10.8. The van der Waals surface area contributed by atoms with Gasteiger partial charge in [-0.25, -0.2) is 4.79 Å². The Kier molecular flexibility index (Phi) is 4.20. The number of nitrogens with zero attached hydrogens (tertiary/aromatic N) is 1. The number of carboxylic acid groups (broad SMARTS) is 1. The molecule has 128 valence electrons. The molecule has 0 aliphatic carbocycles. The summed E-state index contributed by atoms with van der Waals surface area (Å²) < 4.78 is 5.56. The zero-order valence-electron chi connectivity index (χ0n) is 13.3. The molecule has 0 aromatic heterocycles. The molecule has 2 fully saturated rings. The number of aliphatic hydroxyl groups is 1. The van der Waals surface area contributed by atoms with Gasteiger partial charge in [0.05, 0.1) is 35.5 Å². The van der Waals surface area contributed by atoms with Gasteiger partial charge in [-0.2, -0.15) is 0 Å². The number of hydrogen-bond donors (Lipinski definition) is 3. The summed E-state index contributed by atoms with van der Waals surface area (Å²) in [5, 5.41) is 19.5. The third-order valence-electron chi connectivity index (χ3n) is 5.02. The number of rotatable bonds is 5. The number of amides is 1. The molecule has 4 N–H and O–H groups in total. The lowest BCUT2D eigenvalue weighted by molar-refractivity contribution is -0.163. The van der Waals surface area contributed by atoms with Crippen LogP contribution in [-0.4, -0.2) is 63.1 Å². The summed E-state index contributed by atoms with van der Waals surface area (Å²) in [5.74, 6) is -2.05. The number of hydrogen-bond acceptors (Lipinski definition) is 6. The Morgan fingerprint density at radius 3 is 2.61 bits per heavy atom. The molecule has 0 unspecified atom stereocenters. The Labute approximate surface area is 138 Å². The summed E-state index contributed by atoms with van der Waals surface area (Å²) in [5.41, 5.74) is 5.73. The molecule has 1 amide bonds. The highest BCUT2D eigenvalue weighted by molar-refractivity contribution is 8.03. The van der Waals surface area contributed by atoms with Crippen molar-refractivity contribution in [2.45, 2.75) is 50.4 Å². The zero-order valence-corrected chi connectivity index (χ0v) is 14.1. The van der Waals surface area contributed by atoms with Crippen LogP contribution in [-0.2, 0) is 14.3 Å². The van der Waals surface area contributed by atoms with Gasteiger partial charge in [-0.15, -0.1) is 11.8 Å². The quantitative estimate of drug-likeness (QED) is 0.602. The predicted octanol–water partition coefficient (Wildman–Crippen LogP) is -0.0121. The Hall–Kier alpha value is -1.09. The Bertz CT molecular complexity index is 578. The molecule has 3 rings (SSSR count). The largest absolute Gasteiger partial charge is 0.477 e. The number of aliphatic hydroxyl groups excluding tert-OH is 1. The second-order valence-electron chi connectivity index (χ2n) is 6.47. The third kappa shape index (κ3) is 2.31. The number of nitrogens with two attached hydrogens (primary N) is 1. The smallest absolute Gasteiger partial charge is 0.353 e. The van der Waals surface area contributed by atoms with Crippen molar-refractivity contribution in [2.75, 3.05) is 6.54 Å². The topological polar surface area (TPSA) is 113 Å². The van der Waals surface area contributed by atoms with E-state index in [4.69, 9.17) is 10.5 Å². The minimum Gasteiger partial charge on any atom is -0.477 e. The maximum atomic E-state index is 12.3. The van der Waals surface area contributed by atoms with Gasteiger partial charge in [0.1, 0.15) is 5.70 Å². The van der Waals surface area contributed by atoms with Crippen molar-refractivity contribution >= 4 is 23.6 Å². The van der Waals surface area contributed by atoms with Gasteiger partial charge in [-0.05, 0) is 13.8 Å². The lowest BCUT2D eigenvalue weighted by Gasteiger charge is -2.46. The molecule has 0 aromatic rings. The minimum absolute atomic E-state index is 0.000174. The second kappa shape index (κ2) is 5.77. The fourth-order valence-corrected chi connectivity index (χ4v) is 5.36. The fourth-order valence-electron chi connectivity index (χ4n) is 3.83. The van der Waals surface area contributed by atoms with Crippen LogP contribution in [0.15, 0.2) is 10.6 Å². The summed E-state index contributed by atoms with van der Waals surface area (Å²) in [6, 6.07) is -0.274. The highest BCUT2D eigenvalue weighted by atomic mass is 32.2. The summed E-state index contributed by atoms with van der Waals surface area (Å²) in [4.78, 5) is 26.0. The number of thioether (sulfide) groups is 1. The van der Waals surface area contributed by atoms with Gasteiger partial charge < -0.3 is 25.6 Å². The van der Waals surface area contributed by atoms with Gasteiger partial charge in [-0.1, -0.05) is 6.92 Å². The first-order valence-corrected chi connectivity index (χ1v) is 8.68. The molecule has 0 saturated carbocycles. The van der Waals surface area contributed by atoms with E-state index < -0.39 is 18.0 Å². The number of carbonyl (C=O) groups is 2. The molecule has 0 spiro atoms. The summed E-state index contributed by atoms with van der Waals surface area (Å²) >= 11 is 1.46. The average Bonchev–Trinajstić information content (AvgIpc) is 2.71. The van der Waals surface area contributed by atoms with E-state index >= 15 is 0 Å². The molecular weight excluding hydrogens is 320 g/mol. The van der Waals surface area contributed by atoms with Crippen LogP contribution in [0, 0.1) is 11.8 Å². The highest BCUT2D eigenvalue weighted by Gasteiger charge is 2.60. The lowest BCUT2D eigenvalue weighted by atomic mass is 9.79. The van der Waals surface area contributed by atoms with Gasteiger partial charge in [0, 0.05) is 17.4 Å². The van der Waals surface area contributed by atoms with E-state index in [2.05, 4.69) is 0 Å². The van der Waals surface area contributed by atoms with Crippen molar-refractivity contribution in [2.24, 2.45) is 17.6 Å². The molecule has 0 bridgehead atoms. The van der Waals surface area contributed by atoms with Gasteiger partial charge in [0.25, 0.3) is 0 Å². The summed E-state index contributed by atoms with van der Waals surface area (Å²) in [6.45, 7) is 5.81. The molecule has 0 radical (unpaired) electrons. The first kappa shape index (κ1) is 16.8. The fraction of sp³-hybridized carbons (Fsp3) is 0.733. The number of β-lactam (4-membered cyclic amide) rings is 1. The standard InChI is InChI=1S/C15H22N2O5S/c1-5-10-9(6(2)18)14(19)17(10)11(15(20)21)12(5)23-13-7(3)22-8(13)4-16/h5-10,13,18H,4,16H2,1-3H3,(H,20,21)/t5-,6-,7-,8-,9-,10-,13-/m1/s1. The number of fused-ring (bicyclic) bond motifs is 1. The van der Waals surface area contributed by atoms with Crippen LogP contribution in [0.2, 0.25) is 0 Å². The number of carbonyl (C=O) groups excluding carboxylic acids is 1. The predicted molar refractivity (Wildman–Crippen MR) is 84.4 cm³/mol. The van der Waals surface area contributed by atoms with E-state index in [1.54, 1.807) is 6.92 Å². The monoisotopic (exact) mass is 342 g/mol. The zero-order chi connectivity index (χ0) is 17.0. The molecule has 23 heavy (non-hydrogen) atoms. The van der Waals surface area contributed by atoms with Crippen molar-refractivity contribution < 1.29 is 24.5 Å². The van der Waals surface area contributed by atoms with E-state index in [9.17, 15) is 19.8 Å². The molecule has 7 nitrogen and oxygen atoms in total. The molecule has 3 aliphatic rings. The molecule has 3 aliphatic heterocycles. The first-order valence-electron chi connectivity index (χ1n) is 7.80. The van der Waals surface area contributed by atoms with Crippen molar-refractivity contribution in [3.8, 4) is 0 Å². The van der Waals surface area contributed by atoms with Crippen molar-refractivity contribution in [1.29, 1.82) is 0 Å². The van der Waals surface area contributed by atoms with Crippen LogP contribution in [0.5, 0.6) is 0 Å². The minimum atomic E-state index is -1.10. The van der Waals surface area contributed by atoms with E-state index in [0.717, 1.165) is 0 Å². The van der Waals surface area contributed by atoms with Crippen molar-refractivity contribution in [3.63, 3.8) is 0 Å². The third-order valence-corrected chi connectivity index (χ3v) is 6.80. The average molecular weight is 342 g/mol. The van der Waals surface area contributed by atoms with E-state index in [1.807, 2.05) is 13.8 Å². The summed E-state index contributed by atoms with van der Waals surface area (Å²) in [6.07, 6.45) is -0.880. The van der Waals surface area contributed by atoms with Crippen LogP contribution in [0.1, 0.15) is 20.8 Å². The number of carboxylic acids is 1. The number of aliphatic carboxylic acids is 1. The SMILES string of the molecule is C[C@@H](O)[C@H]1C(=O)N2C(C(=O)O)=C(S[C@@H]3[C@@H](C)O[C@@H]3CN)[C@H](C)[C@H]12. The lowest BCUT2D eigenvalue weighted by Crippen LogP contribution is -2.63. The molecule has 7 atom stereocenters. The van der Waals surface area contributed by atoms with Crippen LogP contribution < -0.4 is 5.73 Å².